The number of hydrogen-bond acceptors (Lipinski definition) is 4. The summed E-state index contributed by atoms with van der Waals surface area (Å²) in [6.45, 7) is 0.614. The first-order chi connectivity index (χ1) is 14.0. The van der Waals surface area contributed by atoms with Crippen LogP contribution < -0.4 is 4.74 Å². The largest absolute Gasteiger partial charge is 0.497 e. The van der Waals surface area contributed by atoms with Gasteiger partial charge < -0.3 is 9.64 Å². The Bertz CT molecular complexity index is 846. The van der Waals surface area contributed by atoms with Gasteiger partial charge in [0.05, 0.1) is 12.0 Å². The molecular formula is C20H27F3N2O4S. The highest BCUT2D eigenvalue weighted by Gasteiger charge is 2.43. The zero-order chi connectivity index (χ0) is 22.1. The van der Waals surface area contributed by atoms with Crippen molar-refractivity contribution in [3.05, 3.63) is 24.3 Å². The summed E-state index contributed by atoms with van der Waals surface area (Å²) in [6, 6.07) is 5.55. The van der Waals surface area contributed by atoms with Crippen LogP contribution in [-0.2, 0) is 14.8 Å². The highest BCUT2D eigenvalue weighted by molar-refractivity contribution is 7.89. The van der Waals surface area contributed by atoms with Crippen LogP contribution in [0.5, 0.6) is 5.75 Å². The molecule has 1 heterocycles. The molecule has 1 aliphatic heterocycles. The van der Waals surface area contributed by atoms with Crippen molar-refractivity contribution in [3.8, 4) is 5.75 Å². The van der Waals surface area contributed by atoms with Crippen molar-refractivity contribution in [2.75, 3.05) is 26.7 Å². The van der Waals surface area contributed by atoms with Crippen molar-refractivity contribution in [3.63, 3.8) is 0 Å². The van der Waals surface area contributed by atoms with Crippen LogP contribution in [0.3, 0.4) is 0 Å². The summed E-state index contributed by atoms with van der Waals surface area (Å²) in [6.07, 6.45) is -2.38. The van der Waals surface area contributed by atoms with Gasteiger partial charge in [0.15, 0.2) is 0 Å². The van der Waals surface area contributed by atoms with E-state index in [1.165, 1.54) is 23.5 Å². The van der Waals surface area contributed by atoms with Gasteiger partial charge in [0.2, 0.25) is 15.9 Å². The molecule has 2 aliphatic rings. The Morgan fingerprint density at radius 2 is 1.73 bits per heavy atom. The molecule has 1 aromatic rings. The highest BCUT2D eigenvalue weighted by atomic mass is 32.2. The minimum Gasteiger partial charge on any atom is -0.497 e. The normalized spacial score (nSPS) is 20.0. The van der Waals surface area contributed by atoms with Gasteiger partial charge in [0, 0.05) is 25.0 Å². The molecule has 3 rings (SSSR count). The second-order valence-electron chi connectivity index (χ2n) is 8.01. The van der Waals surface area contributed by atoms with Crippen LogP contribution in [0.15, 0.2) is 29.2 Å². The first-order valence-electron chi connectivity index (χ1n) is 10.0. The standard InChI is InChI=1S/C20H27F3N2O4S/c1-14(15-3-4-15)25(13-20(21,22)23)19(26)16-9-11-24(12-10-16)30(27,28)18-7-5-17(29-2)6-8-18/h5-8,14-16H,3-4,9-13H2,1-2H3/t14-/m1/s1. The number of rotatable bonds is 7. The molecule has 10 heteroatoms. The van der Waals surface area contributed by atoms with Crippen LogP contribution in [0.4, 0.5) is 13.2 Å². The third kappa shape index (κ3) is 5.26. The van der Waals surface area contributed by atoms with E-state index < -0.39 is 40.6 Å². The molecule has 2 fully saturated rings. The first kappa shape index (κ1) is 22.9. The summed E-state index contributed by atoms with van der Waals surface area (Å²) >= 11 is 0. The molecule has 0 radical (unpaired) electrons. The number of ether oxygens (including phenoxy) is 1. The topological polar surface area (TPSA) is 66.9 Å². The Morgan fingerprint density at radius 3 is 2.20 bits per heavy atom. The molecule has 0 bridgehead atoms. The highest BCUT2D eigenvalue weighted by Crippen LogP contribution is 2.37. The van der Waals surface area contributed by atoms with Crippen molar-refractivity contribution in [2.45, 2.75) is 49.7 Å². The quantitative estimate of drug-likeness (QED) is 0.642. The number of carbonyl (C=O) groups excluding carboxylic acids is 1. The number of carbonyl (C=O) groups is 1. The third-order valence-corrected chi connectivity index (χ3v) is 7.84. The Morgan fingerprint density at radius 1 is 1.17 bits per heavy atom. The van der Waals surface area contributed by atoms with Crippen LogP contribution in [0.2, 0.25) is 0 Å². The smallest absolute Gasteiger partial charge is 0.406 e. The summed E-state index contributed by atoms with van der Waals surface area (Å²) in [5.41, 5.74) is 0. The lowest BCUT2D eigenvalue weighted by Crippen LogP contribution is -2.50. The van der Waals surface area contributed by atoms with Gasteiger partial charge in [-0.1, -0.05) is 0 Å². The fraction of sp³-hybridized carbons (Fsp3) is 0.650. The van der Waals surface area contributed by atoms with E-state index in [1.807, 2.05) is 0 Å². The zero-order valence-electron chi connectivity index (χ0n) is 17.1. The molecule has 6 nitrogen and oxygen atoms in total. The van der Waals surface area contributed by atoms with E-state index in [-0.39, 0.29) is 36.7 Å². The van der Waals surface area contributed by atoms with Crippen LogP contribution >= 0.6 is 0 Å². The van der Waals surface area contributed by atoms with Crippen molar-refractivity contribution >= 4 is 15.9 Å². The molecule has 1 amide bonds. The molecule has 1 saturated heterocycles. The van der Waals surface area contributed by atoms with Crippen LogP contribution in [0.25, 0.3) is 0 Å². The van der Waals surface area contributed by atoms with Gasteiger partial charge in [-0.3, -0.25) is 4.79 Å². The molecule has 1 saturated carbocycles. The number of hydrogen-bond donors (Lipinski definition) is 0. The van der Waals surface area contributed by atoms with Crippen molar-refractivity contribution in [1.82, 2.24) is 9.21 Å². The second-order valence-corrected chi connectivity index (χ2v) is 9.95. The molecule has 168 valence electrons. The Labute approximate surface area is 175 Å². The Kier molecular flexibility index (Phi) is 6.66. The number of nitrogens with zero attached hydrogens (tertiary/aromatic N) is 2. The maximum Gasteiger partial charge on any atom is 0.406 e. The number of amides is 1. The summed E-state index contributed by atoms with van der Waals surface area (Å²) in [7, 11) is -2.25. The predicted molar refractivity (Wildman–Crippen MR) is 104 cm³/mol. The molecule has 1 atom stereocenters. The van der Waals surface area contributed by atoms with Gasteiger partial charge in [-0.25, -0.2) is 8.42 Å². The van der Waals surface area contributed by atoms with Gasteiger partial charge in [-0.05, 0) is 62.8 Å². The number of halogens is 3. The van der Waals surface area contributed by atoms with Crippen molar-refractivity contribution in [1.29, 1.82) is 0 Å². The fourth-order valence-corrected chi connectivity index (χ4v) is 5.39. The molecule has 0 unspecified atom stereocenters. The average molecular weight is 449 g/mol. The second kappa shape index (κ2) is 8.74. The number of methoxy groups -OCH3 is 1. The Balaban J connectivity index is 1.66. The summed E-state index contributed by atoms with van der Waals surface area (Å²) in [5, 5.41) is 0. The van der Waals surface area contributed by atoms with Gasteiger partial charge in [-0.15, -0.1) is 0 Å². The van der Waals surface area contributed by atoms with Crippen molar-refractivity contribution in [2.24, 2.45) is 11.8 Å². The van der Waals surface area contributed by atoms with E-state index in [0.717, 1.165) is 17.7 Å². The summed E-state index contributed by atoms with van der Waals surface area (Å²) in [4.78, 5) is 14.0. The molecule has 0 spiro atoms. The molecule has 1 aliphatic carbocycles. The van der Waals surface area contributed by atoms with E-state index in [9.17, 15) is 26.4 Å². The van der Waals surface area contributed by atoms with Gasteiger partial charge in [0.1, 0.15) is 12.3 Å². The van der Waals surface area contributed by atoms with E-state index in [0.29, 0.717) is 5.75 Å². The van der Waals surface area contributed by atoms with Crippen LogP contribution in [0, 0.1) is 11.8 Å². The minimum atomic E-state index is -4.46. The molecule has 1 aromatic carbocycles. The number of sulfonamides is 1. The summed E-state index contributed by atoms with van der Waals surface area (Å²) in [5.74, 6) is -0.469. The predicted octanol–water partition coefficient (Wildman–Crippen LogP) is 3.29. The monoisotopic (exact) mass is 448 g/mol. The van der Waals surface area contributed by atoms with Crippen LogP contribution in [0.1, 0.15) is 32.6 Å². The van der Waals surface area contributed by atoms with Crippen LogP contribution in [-0.4, -0.2) is 62.5 Å². The molecule has 0 aromatic heterocycles. The SMILES string of the molecule is COc1ccc(S(=O)(=O)N2CCC(C(=O)N(CC(F)(F)F)[C@H](C)C3CC3)CC2)cc1. The van der Waals surface area contributed by atoms with E-state index in [4.69, 9.17) is 4.74 Å². The lowest BCUT2D eigenvalue weighted by Gasteiger charge is -2.36. The minimum absolute atomic E-state index is 0.0996. The van der Waals surface area contributed by atoms with Gasteiger partial charge in [0.25, 0.3) is 0 Å². The van der Waals surface area contributed by atoms with Gasteiger partial charge in [-0.2, -0.15) is 17.5 Å². The van der Waals surface area contributed by atoms with Crippen molar-refractivity contribution < 1.29 is 31.1 Å². The molecule has 0 N–H and O–H groups in total. The zero-order valence-corrected chi connectivity index (χ0v) is 17.9. The maximum atomic E-state index is 13.0. The molecular weight excluding hydrogens is 421 g/mol. The fourth-order valence-electron chi connectivity index (χ4n) is 3.92. The third-order valence-electron chi connectivity index (χ3n) is 5.93. The summed E-state index contributed by atoms with van der Waals surface area (Å²) < 4.78 is 71.1. The lowest BCUT2D eigenvalue weighted by molar-refractivity contribution is -0.169. The van der Waals surface area contributed by atoms with Gasteiger partial charge >= 0.3 is 6.18 Å². The lowest BCUT2D eigenvalue weighted by atomic mass is 9.95. The maximum absolute atomic E-state index is 13.0. The number of alkyl halides is 3. The average Bonchev–Trinajstić information content (AvgIpc) is 3.56. The first-order valence-corrected chi connectivity index (χ1v) is 11.5. The Hall–Kier alpha value is -1.81. The molecule has 30 heavy (non-hydrogen) atoms. The van der Waals surface area contributed by atoms with E-state index in [2.05, 4.69) is 0 Å². The van der Waals surface area contributed by atoms with E-state index >= 15 is 0 Å². The van der Waals surface area contributed by atoms with E-state index in [1.54, 1.807) is 19.1 Å². The number of benzene rings is 1. The number of piperidine rings is 1.